The zero-order chi connectivity index (χ0) is 18.1. The van der Waals surface area contributed by atoms with E-state index in [0.717, 1.165) is 17.7 Å². The average molecular weight is 344 g/mol. The fourth-order valence-electron chi connectivity index (χ4n) is 2.54. The van der Waals surface area contributed by atoms with Crippen LogP contribution in [-0.2, 0) is 9.59 Å². The fraction of sp³-hybridized carbons (Fsp3) is 0.368. The first kappa shape index (κ1) is 18.7. The first-order valence-corrected chi connectivity index (χ1v) is 8.60. The van der Waals surface area contributed by atoms with Gasteiger partial charge in [0.05, 0.1) is 6.26 Å². The average Bonchev–Trinajstić information content (AvgIpc) is 3.15. The van der Waals surface area contributed by atoms with Gasteiger partial charge in [0.1, 0.15) is 6.04 Å². The zero-order valence-electron chi connectivity index (χ0n) is 14.7. The summed E-state index contributed by atoms with van der Waals surface area (Å²) in [5, 5.41) is 7.40. The summed E-state index contributed by atoms with van der Waals surface area (Å²) in [6.45, 7) is 4.48. The van der Waals surface area contributed by atoms with Crippen molar-refractivity contribution >= 4 is 11.8 Å². The summed E-state index contributed by atoms with van der Waals surface area (Å²) < 4.78 is 5.52. The van der Waals surface area contributed by atoms with Crippen LogP contribution in [0.5, 0.6) is 0 Å². The molecule has 6 heteroatoms. The van der Waals surface area contributed by atoms with Crippen molar-refractivity contribution in [2.24, 2.45) is 0 Å². The van der Waals surface area contributed by atoms with Crippen molar-refractivity contribution in [2.75, 3.05) is 13.1 Å². The van der Waals surface area contributed by atoms with Crippen molar-refractivity contribution < 1.29 is 19.3 Å². The minimum absolute atomic E-state index is 0.105. The highest BCUT2D eigenvalue weighted by Crippen LogP contribution is 2.18. The first-order chi connectivity index (χ1) is 12.1. The third-order valence-electron chi connectivity index (χ3n) is 3.87. The molecule has 1 heterocycles. The van der Waals surface area contributed by atoms with Crippen LogP contribution in [0.4, 0.5) is 0 Å². The van der Waals surface area contributed by atoms with Gasteiger partial charge in [0.2, 0.25) is 5.91 Å². The molecule has 0 fully saturated rings. The highest BCUT2D eigenvalue weighted by molar-refractivity contribution is 5.87. The van der Waals surface area contributed by atoms with Gasteiger partial charge in [-0.3, -0.25) is 9.59 Å². The van der Waals surface area contributed by atoms with Crippen LogP contribution in [-0.4, -0.2) is 30.9 Å². The van der Waals surface area contributed by atoms with Crippen molar-refractivity contribution in [3.63, 3.8) is 0 Å². The molecule has 2 amide bonds. The molecule has 0 aliphatic rings. The van der Waals surface area contributed by atoms with Crippen molar-refractivity contribution in [3.05, 3.63) is 60.1 Å². The predicted octanol–water partition coefficient (Wildman–Crippen LogP) is 0.963. The van der Waals surface area contributed by atoms with Gasteiger partial charge in [-0.05, 0) is 25.5 Å². The van der Waals surface area contributed by atoms with Crippen molar-refractivity contribution in [1.29, 1.82) is 0 Å². The Bertz CT molecular complexity index is 656. The highest BCUT2D eigenvalue weighted by atomic mass is 16.3. The molecule has 0 saturated carbocycles. The number of furan rings is 1. The van der Waals surface area contributed by atoms with Gasteiger partial charge >= 0.3 is 0 Å². The van der Waals surface area contributed by atoms with E-state index in [4.69, 9.17) is 4.42 Å². The Morgan fingerprint density at radius 2 is 1.92 bits per heavy atom. The maximum atomic E-state index is 12.2. The van der Waals surface area contributed by atoms with Crippen LogP contribution in [0.15, 0.2) is 53.1 Å². The molecular formula is C19H26N3O3+. The molecule has 6 nitrogen and oxygen atoms in total. The molecule has 2 aromatic rings. The first-order valence-electron chi connectivity index (χ1n) is 8.60. The molecule has 134 valence electrons. The second-order valence-corrected chi connectivity index (χ2v) is 5.92. The number of quaternary nitrogens is 1. The van der Waals surface area contributed by atoms with Crippen LogP contribution >= 0.6 is 0 Å². The van der Waals surface area contributed by atoms with Crippen molar-refractivity contribution in [2.45, 2.75) is 32.4 Å². The summed E-state index contributed by atoms with van der Waals surface area (Å²) in [7, 11) is 0. The van der Waals surface area contributed by atoms with Gasteiger partial charge in [-0.25, -0.2) is 0 Å². The van der Waals surface area contributed by atoms with E-state index in [-0.39, 0.29) is 24.4 Å². The van der Waals surface area contributed by atoms with E-state index in [2.05, 4.69) is 10.6 Å². The van der Waals surface area contributed by atoms with Crippen LogP contribution in [0.1, 0.15) is 37.6 Å². The molecule has 0 bridgehead atoms. The highest BCUT2D eigenvalue weighted by Gasteiger charge is 2.22. The second-order valence-electron chi connectivity index (χ2n) is 5.92. The number of carbonyl (C=O) groups excluding carboxylic acids is 2. The number of nitrogens with one attached hydrogen (secondary N) is 2. The lowest BCUT2D eigenvalue weighted by molar-refractivity contribution is -0.678. The van der Waals surface area contributed by atoms with Crippen LogP contribution in [0.2, 0.25) is 0 Å². The molecule has 0 unspecified atom stereocenters. The number of rotatable bonds is 9. The maximum Gasteiger partial charge on any atom is 0.275 e. The zero-order valence-corrected chi connectivity index (χ0v) is 14.7. The molecule has 4 N–H and O–H groups in total. The van der Waals surface area contributed by atoms with E-state index in [0.29, 0.717) is 6.54 Å². The lowest BCUT2D eigenvalue weighted by Crippen LogP contribution is -2.88. The van der Waals surface area contributed by atoms with Crippen molar-refractivity contribution in [3.8, 4) is 0 Å². The normalized spacial score (nSPS) is 13.0. The van der Waals surface area contributed by atoms with E-state index < -0.39 is 6.04 Å². The van der Waals surface area contributed by atoms with E-state index in [1.165, 1.54) is 0 Å². The molecule has 0 aliphatic heterocycles. The Labute approximate surface area is 148 Å². The largest absolute Gasteiger partial charge is 0.463 e. The van der Waals surface area contributed by atoms with Crippen LogP contribution in [0, 0.1) is 0 Å². The Kier molecular flexibility index (Phi) is 7.22. The Morgan fingerprint density at radius 3 is 2.56 bits per heavy atom. The van der Waals surface area contributed by atoms with Gasteiger partial charge in [0.15, 0.2) is 18.3 Å². The molecule has 25 heavy (non-hydrogen) atoms. The molecule has 0 radical (unpaired) electrons. The molecule has 0 aliphatic carbocycles. The standard InChI is InChI=1S/C19H25N3O3/c1-3-11-20-19(24)14(2)22-17(23)13-21-18(16-10-7-12-25-16)15-8-5-4-6-9-15/h4-10,12,14,18,21H,3,11,13H2,1-2H3,(H,20,24)(H,22,23)/p+1/t14-,18+/m0/s1. The van der Waals surface area contributed by atoms with Gasteiger partial charge in [0, 0.05) is 12.1 Å². The molecule has 2 rings (SSSR count). The monoisotopic (exact) mass is 344 g/mol. The lowest BCUT2D eigenvalue weighted by atomic mass is 10.0. The summed E-state index contributed by atoms with van der Waals surface area (Å²) in [4.78, 5) is 24.0. The van der Waals surface area contributed by atoms with Gasteiger partial charge in [-0.2, -0.15) is 0 Å². The Morgan fingerprint density at radius 1 is 1.16 bits per heavy atom. The van der Waals surface area contributed by atoms with Gasteiger partial charge in [0.25, 0.3) is 5.91 Å². The van der Waals surface area contributed by atoms with E-state index in [9.17, 15) is 9.59 Å². The molecule has 2 atom stereocenters. The van der Waals surface area contributed by atoms with Gasteiger partial charge in [-0.15, -0.1) is 0 Å². The molecule has 0 saturated heterocycles. The van der Waals surface area contributed by atoms with Crippen molar-refractivity contribution in [1.82, 2.24) is 10.6 Å². The summed E-state index contributed by atoms with van der Waals surface area (Å²) in [5.41, 5.74) is 1.05. The third kappa shape index (κ3) is 5.76. The number of hydrogen-bond acceptors (Lipinski definition) is 3. The van der Waals surface area contributed by atoms with E-state index >= 15 is 0 Å². The topological polar surface area (TPSA) is 88.0 Å². The number of carbonyl (C=O) groups is 2. The predicted molar refractivity (Wildman–Crippen MR) is 94.7 cm³/mol. The number of hydrogen-bond donors (Lipinski definition) is 3. The summed E-state index contributed by atoms with van der Waals surface area (Å²) in [5.74, 6) is 0.431. The SMILES string of the molecule is CCCNC(=O)[C@H](C)NC(=O)C[NH2+][C@H](c1ccccc1)c1ccco1. The number of nitrogens with two attached hydrogens (primary N) is 1. The van der Waals surface area contributed by atoms with Gasteiger partial charge in [-0.1, -0.05) is 37.3 Å². The van der Waals surface area contributed by atoms with Crippen LogP contribution in [0.25, 0.3) is 0 Å². The number of amides is 2. The van der Waals surface area contributed by atoms with Gasteiger partial charge < -0.3 is 20.4 Å². The van der Waals surface area contributed by atoms with E-state index in [1.54, 1.807) is 13.2 Å². The fourth-order valence-corrected chi connectivity index (χ4v) is 2.54. The summed E-state index contributed by atoms with van der Waals surface area (Å²) in [6, 6.07) is 12.9. The maximum absolute atomic E-state index is 12.2. The summed E-state index contributed by atoms with van der Waals surface area (Å²) in [6.07, 6.45) is 2.49. The molecular weight excluding hydrogens is 318 g/mol. The second kappa shape index (κ2) is 9.64. The quantitative estimate of drug-likeness (QED) is 0.633. The Balaban J connectivity index is 1.92. The minimum Gasteiger partial charge on any atom is -0.463 e. The molecule has 1 aromatic carbocycles. The molecule has 1 aromatic heterocycles. The lowest BCUT2D eigenvalue weighted by Gasteiger charge is -2.16. The summed E-state index contributed by atoms with van der Waals surface area (Å²) >= 11 is 0. The van der Waals surface area contributed by atoms with E-state index in [1.807, 2.05) is 54.7 Å². The Hall–Kier alpha value is -2.60. The molecule has 0 spiro atoms. The third-order valence-corrected chi connectivity index (χ3v) is 3.87. The van der Waals surface area contributed by atoms with Crippen LogP contribution in [0.3, 0.4) is 0 Å². The minimum atomic E-state index is -0.550. The smallest absolute Gasteiger partial charge is 0.275 e. The van der Waals surface area contributed by atoms with Crippen LogP contribution < -0.4 is 16.0 Å². The number of benzene rings is 1.